The van der Waals surface area contributed by atoms with Gasteiger partial charge in [-0.2, -0.15) is 0 Å². The Kier molecular flexibility index (Phi) is 4.42. The molecule has 1 aromatic heterocycles. The van der Waals surface area contributed by atoms with Crippen molar-refractivity contribution in [3.05, 3.63) is 48.0 Å². The first-order valence-electron chi connectivity index (χ1n) is 7.79. The van der Waals surface area contributed by atoms with Crippen LogP contribution in [0.5, 0.6) is 5.75 Å². The van der Waals surface area contributed by atoms with E-state index in [1.54, 1.807) is 0 Å². The molecule has 1 aliphatic rings. The summed E-state index contributed by atoms with van der Waals surface area (Å²) in [5.74, 6) is 0.702. The van der Waals surface area contributed by atoms with Gasteiger partial charge in [-0.25, -0.2) is 4.98 Å². The van der Waals surface area contributed by atoms with Crippen LogP contribution in [0.25, 0.3) is 0 Å². The Morgan fingerprint density at radius 1 is 1.32 bits per heavy atom. The molecule has 1 amide bonds. The van der Waals surface area contributed by atoms with Crippen molar-refractivity contribution in [3.8, 4) is 5.75 Å². The summed E-state index contributed by atoms with van der Waals surface area (Å²) < 4.78 is 7.84. The van der Waals surface area contributed by atoms with E-state index < -0.39 is 0 Å². The monoisotopic (exact) mass is 299 g/mol. The molecule has 116 valence electrons. The van der Waals surface area contributed by atoms with Crippen LogP contribution in [0.2, 0.25) is 0 Å². The van der Waals surface area contributed by atoms with Gasteiger partial charge in [-0.1, -0.05) is 19.1 Å². The van der Waals surface area contributed by atoms with Crippen molar-refractivity contribution in [1.82, 2.24) is 14.5 Å². The molecule has 0 aliphatic carbocycles. The zero-order chi connectivity index (χ0) is 15.4. The van der Waals surface area contributed by atoms with E-state index in [9.17, 15) is 4.79 Å². The number of amides is 1. The molecular formula is C17H21N3O2. The first kappa shape index (κ1) is 14.6. The molecule has 5 nitrogen and oxygen atoms in total. The van der Waals surface area contributed by atoms with E-state index in [1.807, 2.05) is 41.7 Å². The van der Waals surface area contributed by atoms with Gasteiger partial charge >= 0.3 is 0 Å². The number of nitrogens with zero attached hydrogens (tertiary/aromatic N) is 3. The fourth-order valence-corrected chi connectivity index (χ4v) is 2.71. The van der Waals surface area contributed by atoms with Crippen molar-refractivity contribution in [3.63, 3.8) is 0 Å². The van der Waals surface area contributed by atoms with E-state index in [0.717, 1.165) is 31.6 Å². The molecule has 0 saturated heterocycles. The quantitative estimate of drug-likeness (QED) is 0.872. The summed E-state index contributed by atoms with van der Waals surface area (Å²) in [5, 5.41) is 0. The van der Waals surface area contributed by atoms with Gasteiger partial charge in [0.15, 0.2) is 0 Å². The molecule has 5 heteroatoms. The SMILES string of the molecule is CCCOc1ccccc1C(=O)N1CCCn2cncc2C1. The second-order valence-electron chi connectivity index (χ2n) is 5.50. The standard InChI is InChI=1S/C17H21N3O2/c1-2-10-22-16-7-4-3-6-15(16)17(21)19-8-5-9-20-13-18-11-14(20)12-19/h3-4,6-7,11,13H,2,5,8-10,12H2,1H3. The second kappa shape index (κ2) is 6.64. The minimum atomic E-state index is 0.0290. The van der Waals surface area contributed by atoms with Crippen molar-refractivity contribution in [1.29, 1.82) is 0 Å². The van der Waals surface area contributed by atoms with E-state index in [2.05, 4.69) is 16.5 Å². The van der Waals surface area contributed by atoms with Crippen LogP contribution in [-0.2, 0) is 13.1 Å². The van der Waals surface area contributed by atoms with E-state index in [4.69, 9.17) is 4.74 Å². The number of benzene rings is 1. The van der Waals surface area contributed by atoms with Gasteiger partial charge in [-0.05, 0) is 25.0 Å². The summed E-state index contributed by atoms with van der Waals surface area (Å²) in [6.45, 7) is 4.94. The molecule has 0 bridgehead atoms. The van der Waals surface area contributed by atoms with Gasteiger partial charge in [0.1, 0.15) is 5.75 Å². The molecule has 0 radical (unpaired) electrons. The van der Waals surface area contributed by atoms with Crippen LogP contribution in [0.4, 0.5) is 0 Å². The molecule has 0 fully saturated rings. The Balaban J connectivity index is 1.82. The maximum absolute atomic E-state index is 12.9. The fraction of sp³-hybridized carbons (Fsp3) is 0.412. The van der Waals surface area contributed by atoms with Crippen molar-refractivity contribution in [2.45, 2.75) is 32.9 Å². The lowest BCUT2D eigenvalue weighted by molar-refractivity contribution is 0.0741. The maximum Gasteiger partial charge on any atom is 0.257 e. The van der Waals surface area contributed by atoms with Gasteiger partial charge in [-0.3, -0.25) is 4.79 Å². The van der Waals surface area contributed by atoms with Crippen LogP contribution in [0, 0.1) is 0 Å². The number of ether oxygens (including phenoxy) is 1. The van der Waals surface area contributed by atoms with Gasteiger partial charge in [0.05, 0.1) is 30.7 Å². The third kappa shape index (κ3) is 2.98. The molecule has 0 unspecified atom stereocenters. The Hall–Kier alpha value is -2.30. The molecule has 0 atom stereocenters. The molecule has 3 rings (SSSR count). The smallest absolute Gasteiger partial charge is 0.257 e. The average molecular weight is 299 g/mol. The molecule has 0 N–H and O–H groups in total. The summed E-state index contributed by atoms with van der Waals surface area (Å²) >= 11 is 0. The van der Waals surface area contributed by atoms with Gasteiger partial charge < -0.3 is 14.2 Å². The van der Waals surface area contributed by atoms with Crippen LogP contribution >= 0.6 is 0 Å². The Labute approximate surface area is 130 Å². The number of para-hydroxylation sites is 1. The Bertz CT molecular complexity index is 651. The number of fused-ring (bicyclic) bond motifs is 1. The zero-order valence-electron chi connectivity index (χ0n) is 12.9. The number of rotatable bonds is 4. The average Bonchev–Trinajstić information content (AvgIpc) is 2.89. The number of aryl methyl sites for hydroxylation is 1. The number of imidazole rings is 1. The normalized spacial score (nSPS) is 14.3. The summed E-state index contributed by atoms with van der Waals surface area (Å²) in [6.07, 6.45) is 5.53. The van der Waals surface area contributed by atoms with Crippen molar-refractivity contribution < 1.29 is 9.53 Å². The van der Waals surface area contributed by atoms with Crippen LogP contribution in [0.1, 0.15) is 35.8 Å². The fourth-order valence-electron chi connectivity index (χ4n) is 2.71. The molecule has 1 aromatic carbocycles. The first-order chi connectivity index (χ1) is 10.8. The third-order valence-corrected chi connectivity index (χ3v) is 3.84. The molecule has 22 heavy (non-hydrogen) atoms. The molecule has 2 heterocycles. The minimum absolute atomic E-state index is 0.0290. The van der Waals surface area contributed by atoms with E-state index in [-0.39, 0.29) is 5.91 Å². The highest BCUT2D eigenvalue weighted by atomic mass is 16.5. The number of hydrogen-bond acceptors (Lipinski definition) is 3. The predicted molar refractivity (Wildman–Crippen MR) is 83.8 cm³/mol. The first-order valence-corrected chi connectivity index (χ1v) is 7.79. The highest BCUT2D eigenvalue weighted by Crippen LogP contribution is 2.22. The molecule has 1 aliphatic heterocycles. The van der Waals surface area contributed by atoms with Gasteiger partial charge in [0.2, 0.25) is 0 Å². The lowest BCUT2D eigenvalue weighted by Crippen LogP contribution is -2.31. The Morgan fingerprint density at radius 3 is 3.05 bits per heavy atom. The molecule has 0 spiro atoms. The predicted octanol–water partition coefficient (Wildman–Crippen LogP) is 2.72. The van der Waals surface area contributed by atoms with Gasteiger partial charge in [0.25, 0.3) is 5.91 Å². The highest BCUT2D eigenvalue weighted by Gasteiger charge is 2.22. The zero-order valence-corrected chi connectivity index (χ0v) is 12.9. The van der Waals surface area contributed by atoms with Crippen LogP contribution < -0.4 is 4.74 Å². The van der Waals surface area contributed by atoms with Gasteiger partial charge in [-0.15, -0.1) is 0 Å². The highest BCUT2D eigenvalue weighted by molar-refractivity contribution is 5.96. The van der Waals surface area contributed by atoms with Crippen molar-refractivity contribution in [2.24, 2.45) is 0 Å². The largest absolute Gasteiger partial charge is 0.493 e. The van der Waals surface area contributed by atoms with Gasteiger partial charge in [0, 0.05) is 19.3 Å². The van der Waals surface area contributed by atoms with E-state index in [1.165, 1.54) is 0 Å². The summed E-state index contributed by atoms with van der Waals surface area (Å²) in [6, 6.07) is 7.49. The topological polar surface area (TPSA) is 47.4 Å². The van der Waals surface area contributed by atoms with Crippen LogP contribution in [-0.4, -0.2) is 33.5 Å². The summed E-state index contributed by atoms with van der Waals surface area (Å²) in [4.78, 5) is 18.9. The third-order valence-electron chi connectivity index (χ3n) is 3.84. The summed E-state index contributed by atoms with van der Waals surface area (Å²) in [7, 11) is 0. The van der Waals surface area contributed by atoms with E-state index >= 15 is 0 Å². The maximum atomic E-state index is 12.9. The summed E-state index contributed by atoms with van der Waals surface area (Å²) in [5.41, 5.74) is 1.72. The van der Waals surface area contributed by atoms with Crippen LogP contribution in [0.15, 0.2) is 36.8 Å². The lowest BCUT2D eigenvalue weighted by Gasteiger charge is -2.21. The molecule has 0 saturated carbocycles. The minimum Gasteiger partial charge on any atom is -0.493 e. The van der Waals surface area contributed by atoms with E-state index in [0.29, 0.717) is 24.5 Å². The molecule has 2 aromatic rings. The number of carbonyl (C=O) groups is 1. The van der Waals surface area contributed by atoms with Crippen LogP contribution in [0.3, 0.4) is 0 Å². The number of carbonyl (C=O) groups excluding carboxylic acids is 1. The molecular weight excluding hydrogens is 278 g/mol. The van der Waals surface area contributed by atoms with Crippen molar-refractivity contribution in [2.75, 3.05) is 13.2 Å². The number of aromatic nitrogens is 2. The lowest BCUT2D eigenvalue weighted by atomic mass is 10.1. The Morgan fingerprint density at radius 2 is 2.18 bits per heavy atom. The number of hydrogen-bond donors (Lipinski definition) is 0. The second-order valence-corrected chi connectivity index (χ2v) is 5.50. The van der Waals surface area contributed by atoms with Crippen molar-refractivity contribution >= 4 is 5.91 Å².